The van der Waals surface area contributed by atoms with Crippen LogP contribution in [0, 0.1) is 26.6 Å². The third-order valence-corrected chi connectivity index (χ3v) is 5.53. The van der Waals surface area contributed by atoms with Crippen LogP contribution < -0.4 is 11.0 Å². The van der Waals surface area contributed by atoms with Gasteiger partial charge in [0.1, 0.15) is 18.2 Å². The second-order valence-electron chi connectivity index (χ2n) is 8.06. The lowest BCUT2D eigenvalue weighted by Gasteiger charge is -2.25. The fraction of sp³-hybridized carbons (Fsp3) is 0.348. The monoisotopic (exact) mass is 436 g/mol. The van der Waals surface area contributed by atoms with Crippen LogP contribution in [0.2, 0.25) is 0 Å². The molecule has 0 spiro atoms. The van der Waals surface area contributed by atoms with E-state index in [4.69, 9.17) is 0 Å². The molecule has 3 aromatic heterocycles. The number of nitrogens with one attached hydrogen (secondary N) is 1. The molecule has 1 fully saturated rings. The summed E-state index contributed by atoms with van der Waals surface area (Å²) in [6, 6.07) is 8.27. The number of pyridine rings is 2. The summed E-state index contributed by atoms with van der Waals surface area (Å²) in [7, 11) is 0. The average molecular weight is 436 g/mol. The minimum absolute atomic E-state index is 0.0507. The van der Waals surface area contributed by atoms with E-state index >= 15 is 0 Å². The third kappa shape index (κ3) is 4.66. The van der Waals surface area contributed by atoms with Crippen molar-refractivity contribution in [3.05, 3.63) is 75.6 Å². The first-order chi connectivity index (χ1) is 15.3. The molecule has 1 atom stereocenters. The molecule has 1 aliphatic rings. The highest BCUT2D eigenvalue weighted by Gasteiger charge is 2.31. The van der Waals surface area contributed by atoms with Gasteiger partial charge >= 0.3 is 5.69 Å². The molecule has 0 aliphatic carbocycles. The first kappa shape index (κ1) is 21.6. The van der Waals surface area contributed by atoms with Gasteiger partial charge in [0, 0.05) is 29.3 Å². The highest BCUT2D eigenvalue weighted by molar-refractivity contribution is 5.77. The lowest BCUT2D eigenvalue weighted by atomic mass is 10.1. The van der Waals surface area contributed by atoms with Gasteiger partial charge in [-0.2, -0.15) is 4.98 Å². The summed E-state index contributed by atoms with van der Waals surface area (Å²) in [5, 5.41) is 3.16. The number of likely N-dealkylation sites (tertiary alicyclic amines) is 1. The summed E-state index contributed by atoms with van der Waals surface area (Å²) in [6.45, 7) is 6.00. The van der Waals surface area contributed by atoms with Crippen LogP contribution in [0.5, 0.6) is 0 Å². The van der Waals surface area contributed by atoms with Crippen molar-refractivity contribution in [2.24, 2.45) is 0 Å². The van der Waals surface area contributed by atoms with Gasteiger partial charge in [-0.25, -0.2) is 14.2 Å². The van der Waals surface area contributed by atoms with Crippen molar-refractivity contribution in [3.8, 4) is 0 Å². The van der Waals surface area contributed by atoms with Gasteiger partial charge in [-0.15, -0.1) is 0 Å². The van der Waals surface area contributed by atoms with Gasteiger partial charge in [-0.05, 0) is 63.9 Å². The van der Waals surface area contributed by atoms with Crippen molar-refractivity contribution < 1.29 is 9.18 Å². The zero-order valence-corrected chi connectivity index (χ0v) is 18.3. The predicted molar refractivity (Wildman–Crippen MR) is 118 cm³/mol. The molecule has 3 aromatic rings. The number of hydrogen-bond acceptors (Lipinski definition) is 6. The maximum absolute atomic E-state index is 13.1. The molecule has 8 nitrogen and oxygen atoms in total. The van der Waals surface area contributed by atoms with Gasteiger partial charge in [0.05, 0.1) is 17.9 Å². The van der Waals surface area contributed by atoms with Crippen molar-refractivity contribution in [2.75, 3.05) is 11.9 Å². The average Bonchev–Trinajstić information content (AvgIpc) is 3.22. The van der Waals surface area contributed by atoms with Crippen molar-refractivity contribution in [3.63, 3.8) is 0 Å². The second kappa shape index (κ2) is 8.86. The van der Waals surface area contributed by atoms with E-state index in [9.17, 15) is 14.0 Å². The number of carbonyl (C=O) groups excluding carboxylic acids is 1. The van der Waals surface area contributed by atoms with Gasteiger partial charge in [0.15, 0.2) is 0 Å². The molecule has 0 saturated carbocycles. The van der Waals surface area contributed by atoms with Crippen LogP contribution in [0.25, 0.3) is 0 Å². The molecule has 166 valence electrons. The second-order valence-corrected chi connectivity index (χ2v) is 8.06. The normalized spacial score (nSPS) is 15.8. The fourth-order valence-electron chi connectivity index (χ4n) is 4.10. The molecule has 1 aliphatic heterocycles. The molecule has 1 amide bonds. The molecule has 1 saturated heterocycles. The zero-order valence-electron chi connectivity index (χ0n) is 18.3. The fourth-order valence-corrected chi connectivity index (χ4v) is 4.10. The number of rotatable bonds is 5. The predicted octanol–water partition coefficient (Wildman–Crippen LogP) is 3.20. The molecule has 0 aromatic carbocycles. The number of aryl methyl sites for hydroxylation is 3. The number of halogens is 1. The Hall–Kier alpha value is -3.62. The van der Waals surface area contributed by atoms with Gasteiger partial charge in [0.25, 0.3) is 0 Å². The van der Waals surface area contributed by atoms with Gasteiger partial charge in [-0.1, -0.05) is 0 Å². The van der Waals surface area contributed by atoms with E-state index < -0.39 is 11.5 Å². The van der Waals surface area contributed by atoms with E-state index in [2.05, 4.69) is 20.3 Å². The summed E-state index contributed by atoms with van der Waals surface area (Å²) in [5.41, 5.74) is 3.25. The van der Waals surface area contributed by atoms with Crippen LogP contribution in [0.1, 0.15) is 41.7 Å². The number of aromatic nitrogens is 4. The number of amides is 1. The SMILES string of the molecule is Cc1cc(Nc2ccc(F)cn2)cc([C@@H]2CCCN2C(=O)Cn2c(C)cc(C)nc2=O)n1. The first-order valence-corrected chi connectivity index (χ1v) is 10.5. The summed E-state index contributed by atoms with van der Waals surface area (Å²) in [6.07, 6.45) is 2.79. The molecule has 4 heterocycles. The van der Waals surface area contributed by atoms with E-state index in [1.165, 1.54) is 10.6 Å². The minimum Gasteiger partial charge on any atom is -0.340 e. The van der Waals surface area contributed by atoms with Crippen LogP contribution in [-0.2, 0) is 11.3 Å². The van der Waals surface area contributed by atoms with E-state index in [1.807, 2.05) is 19.1 Å². The molecular weight excluding hydrogens is 411 g/mol. The van der Waals surface area contributed by atoms with Gasteiger partial charge < -0.3 is 10.2 Å². The Balaban J connectivity index is 1.56. The van der Waals surface area contributed by atoms with Crippen molar-refractivity contribution in [2.45, 2.75) is 46.2 Å². The topological polar surface area (TPSA) is 93.0 Å². The maximum Gasteiger partial charge on any atom is 0.348 e. The summed E-state index contributed by atoms with van der Waals surface area (Å²) >= 11 is 0. The summed E-state index contributed by atoms with van der Waals surface area (Å²) in [5.74, 6) is -0.0224. The Labute approximate surface area is 185 Å². The Bertz CT molecular complexity index is 1210. The van der Waals surface area contributed by atoms with Crippen LogP contribution in [0.4, 0.5) is 15.9 Å². The molecule has 9 heteroatoms. The largest absolute Gasteiger partial charge is 0.348 e. The van der Waals surface area contributed by atoms with E-state index in [0.29, 0.717) is 23.8 Å². The quantitative estimate of drug-likeness (QED) is 0.660. The highest BCUT2D eigenvalue weighted by Crippen LogP contribution is 2.33. The number of carbonyl (C=O) groups is 1. The van der Waals surface area contributed by atoms with E-state index in [-0.39, 0.29) is 18.5 Å². The smallest absolute Gasteiger partial charge is 0.340 e. The molecule has 0 unspecified atom stereocenters. The van der Waals surface area contributed by atoms with Crippen molar-refractivity contribution in [1.82, 2.24) is 24.4 Å². The van der Waals surface area contributed by atoms with Gasteiger partial charge in [-0.3, -0.25) is 14.3 Å². The maximum atomic E-state index is 13.1. The molecule has 1 N–H and O–H groups in total. The van der Waals surface area contributed by atoms with Crippen molar-refractivity contribution >= 4 is 17.4 Å². The highest BCUT2D eigenvalue weighted by atomic mass is 19.1. The van der Waals surface area contributed by atoms with Gasteiger partial charge in [0.2, 0.25) is 5.91 Å². The zero-order chi connectivity index (χ0) is 22.8. The standard InChI is InChI=1S/C23H25FN6O2/c1-14-9-16(3)30(23(32)27-14)13-22(31)29-8-4-5-20(29)19-11-18(10-15(2)26-19)28-21-7-6-17(24)12-25-21/h6-7,9-12,20H,4-5,8,13H2,1-3H3,(H,25,26,28)/t20-/m0/s1. The minimum atomic E-state index is -0.418. The first-order valence-electron chi connectivity index (χ1n) is 10.5. The molecule has 32 heavy (non-hydrogen) atoms. The summed E-state index contributed by atoms with van der Waals surface area (Å²) < 4.78 is 14.5. The summed E-state index contributed by atoms with van der Waals surface area (Å²) in [4.78, 5) is 39.8. The Morgan fingerprint density at radius 3 is 2.66 bits per heavy atom. The van der Waals surface area contributed by atoms with E-state index in [1.54, 1.807) is 30.9 Å². The molecule has 0 bridgehead atoms. The lowest BCUT2D eigenvalue weighted by molar-refractivity contribution is -0.133. The Morgan fingerprint density at radius 1 is 1.16 bits per heavy atom. The Morgan fingerprint density at radius 2 is 1.94 bits per heavy atom. The van der Waals surface area contributed by atoms with Crippen molar-refractivity contribution in [1.29, 1.82) is 0 Å². The molecular formula is C23H25FN6O2. The van der Waals surface area contributed by atoms with Crippen LogP contribution in [-0.4, -0.2) is 36.9 Å². The molecule has 0 radical (unpaired) electrons. The van der Waals surface area contributed by atoms with Crippen LogP contribution in [0.3, 0.4) is 0 Å². The lowest BCUT2D eigenvalue weighted by Crippen LogP contribution is -2.37. The Kier molecular flexibility index (Phi) is 5.98. The molecule has 4 rings (SSSR count). The number of hydrogen-bond donors (Lipinski definition) is 1. The number of nitrogens with zero attached hydrogens (tertiary/aromatic N) is 5. The third-order valence-electron chi connectivity index (χ3n) is 5.53. The van der Waals surface area contributed by atoms with Crippen LogP contribution in [0.15, 0.2) is 41.3 Å². The van der Waals surface area contributed by atoms with Crippen LogP contribution >= 0.6 is 0 Å². The van der Waals surface area contributed by atoms with E-state index in [0.717, 1.165) is 36.1 Å². The number of anilines is 2.